The summed E-state index contributed by atoms with van der Waals surface area (Å²) in [6.45, 7) is 6.69. The van der Waals surface area contributed by atoms with E-state index in [9.17, 15) is 0 Å². The average molecular weight is 334 g/mol. The highest BCUT2D eigenvalue weighted by Gasteiger charge is 2.24. The van der Waals surface area contributed by atoms with Crippen molar-refractivity contribution in [1.82, 2.24) is 19.1 Å². The Morgan fingerprint density at radius 3 is 3.05 bits per heavy atom. The van der Waals surface area contributed by atoms with Crippen molar-refractivity contribution in [1.29, 1.82) is 0 Å². The van der Waals surface area contributed by atoms with Gasteiger partial charge in [-0.25, -0.2) is 4.68 Å². The molecule has 22 heavy (non-hydrogen) atoms. The largest absolute Gasteiger partial charge is 0.376 e. The maximum Gasteiger partial charge on any atom is 0.216 e. The molecule has 0 radical (unpaired) electrons. The summed E-state index contributed by atoms with van der Waals surface area (Å²) in [6.07, 6.45) is 0.259. The predicted octanol–water partition coefficient (Wildman–Crippen LogP) is 3.15. The van der Waals surface area contributed by atoms with Gasteiger partial charge in [-0.1, -0.05) is 23.5 Å². The highest BCUT2D eigenvalue weighted by molar-refractivity contribution is 7.71. The molecule has 1 aromatic carbocycles. The molecule has 3 aromatic rings. The molecule has 0 aliphatic carbocycles. The molecular weight excluding hydrogens is 316 g/mol. The van der Waals surface area contributed by atoms with Crippen molar-refractivity contribution >= 4 is 38.7 Å². The summed E-state index contributed by atoms with van der Waals surface area (Å²) in [6, 6.07) is 8.68. The number of fused-ring (bicyclic) bond motifs is 3. The van der Waals surface area contributed by atoms with Gasteiger partial charge >= 0.3 is 0 Å². The summed E-state index contributed by atoms with van der Waals surface area (Å²) in [4.78, 5) is 3.34. The van der Waals surface area contributed by atoms with Crippen molar-refractivity contribution < 1.29 is 4.74 Å². The zero-order valence-electron chi connectivity index (χ0n) is 12.6. The van der Waals surface area contributed by atoms with Gasteiger partial charge in [-0.05, 0) is 38.2 Å². The molecular formula is C15H18N4OS2. The minimum absolute atomic E-state index is 0.259. The maximum absolute atomic E-state index is 5.69. The third-order valence-corrected chi connectivity index (χ3v) is 5.57. The van der Waals surface area contributed by atoms with Crippen molar-refractivity contribution in [3.63, 3.8) is 0 Å². The van der Waals surface area contributed by atoms with Crippen LogP contribution in [0, 0.1) is 4.77 Å². The summed E-state index contributed by atoms with van der Waals surface area (Å²) in [5.74, 6) is 0. The molecule has 3 heterocycles. The molecule has 4 rings (SSSR count). The lowest BCUT2D eigenvalue weighted by Crippen LogP contribution is -2.47. The van der Waals surface area contributed by atoms with E-state index in [0.29, 0.717) is 6.04 Å². The summed E-state index contributed by atoms with van der Waals surface area (Å²) >= 11 is 7.34. The van der Waals surface area contributed by atoms with Crippen LogP contribution in [-0.4, -0.2) is 44.4 Å². The molecule has 116 valence electrons. The van der Waals surface area contributed by atoms with E-state index in [0.717, 1.165) is 35.1 Å². The Bertz CT molecular complexity index is 881. The molecule has 7 heteroatoms. The van der Waals surface area contributed by atoms with E-state index in [1.54, 1.807) is 11.3 Å². The Kier molecular flexibility index (Phi) is 3.53. The first kappa shape index (κ1) is 14.3. The van der Waals surface area contributed by atoms with Gasteiger partial charge in [0.15, 0.2) is 0 Å². The van der Waals surface area contributed by atoms with Gasteiger partial charge in [0, 0.05) is 12.6 Å². The number of benzene rings is 1. The molecule has 0 N–H and O–H groups in total. The Morgan fingerprint density at radius 2 is 2.18 bits per heavy atom. The van der Waals surface area contributed by atoms with Crippen LogP contribution in [0.1, 0.15) is 13.8 Å². The quantitative estimate of drug-likeness (QED) is 0.674. The van der Waals surface area contributed by atoms with Crippen LogP contribution in [0.15, 0.2) is 24.3 Å². The number of rotatable bonds is 2. The van der Waals surface area contributed by atoms with Crippen molar-refractivity contribution in [3.8, 4) is 0 Å². The Hall–Kier alpha value is -1.28. The lowest BCUT2D eigenvalue weighted by atomic mass is 10.2. The van der Waals surface area contributed by atoms with Crippen molar-refractivity contribution in [2.24, 2.45) is 0 Å². The predicted molar refractivity (Wildman–Crippen MR) is 91.0 cm³/mol. The molecule has 1 aliphatic rings. The van der Waals surface area contributed by atoms with Gasteiger partial charge in [-0.15, -0.1) is 5.10 Å². The van der Waals surface area contributed by atoms with Crippen LogP contribution < -0.4 is 0 Å². The SMILES string of the molecule is CC1CN(Cn2nc3sc4ccccc4n3c2=S)C(C)CO1. The van der Waals surface area contributed by atoms with Crippen molar-refractivity contribution in [2.75, 3.05) is 13.2 Å². The first-order valence-electron chi connectivity index (χ1n) is 7.46. The van der Waals surface area contributed by atoms with E-state index in [-0.39, 0.29) is 6.10 Å². The van der Waals surface area contributed by atoms with E-state index < -0.39 is 0 Å². The summed E-state index contributed by atoms with van der Waals surface area (Å²) in [5.41, 5.74) is 1.14. The van der Waals surface area contributed by atoms with Crippen molar-refractivity contribution in [2.45, 2.75) is 32.7 Å². The minimum Gasteiger partial charge on any atom is -0.376 e. The summed E-state index contributed by atoms with van der Waals surface area (Å²) in [5, 5.41) is 4.71. The monoisotopic (exact) mass is 334 g/mol. The molecule has 2 unspecified atom stereocenters. The zero-order chi connectivity index (χ0) is 15.3. The maximum atomic E-state index is 5.69. The Morgan fingerprint density at radius 1 is 1.36 bits per heavy atom. The van der Waals surface area contributed by atoms with Crippen LogP contribution in [0.25, 0.3) is 15.2 Å². The minimum atomic E-state index is 0.259. The second-order valence-electron chi connectivity index (χ2n) is 5.88. The normalized spacial score (nSPS) is 23.5. The molecule has 0 bridgehead atoms. The number of morpholine rings is 1. The molecule has 2 atom stereocenters. The fourth-order valence-corrected chi connectivity index (χ4v) is 4.28. The van der Waals surface area contributed by atoms with E-state index in [1.165, 1.54) is 4.70 Å². The first-order chi connectivity index (χ1) is 10.6. The number of thiazole rings is 1. The highest BCUT2D eigenvalue weighted by atomic mass is 32.1. The molecule has 1 fully saturated rings. The van der Waals surface area contributed by atoms with Crippen LogP contribution in [0.3, 0.4) is 0 Å². The fraction of sp³-hybridized carbons (Fsp3) is 0.467. The number of ether oxygens (including phenoxy) is 1. The second-order valence-corrected chi connectivity index (χ2v) is 7.25. The molecule has 0 amide bonds. The van der Waals surface area contributed by atoms with Gasteiger partial charge in [-0.2, -0.15) is 0 Å². The number of nitrogens with zero attached hydrogens (tertiary/aromatic N) is 4. The van der Waals surface area contributed by atoms with E-state index in [1.807, 2.05) is 16.8 Å². The van der Waals surface area contributed by atoms with Gasteiger partial charge in [0.2, 0.25) is 9.73 Å². The van der Waals surface area contributed by atoms with Crippen LogP contribution in [0.4, 0.5) is 0 Å². The number of hydrogen-bond acceptors (Lipinski definition) is 5. The van der Waals surface area contributed by atoms with Gasteiger partial charge in [0.1, 0.15) is 0 Å². The summed E-state index contributed by atoms with van der Waals surface area (Å²) < 4.78 is 11.7. The molecule has 0 spiro atoms. The van der Waals surface area contributed by atoms with Crippen LogP contribution in [0.2, 0.25) is 0 Å². The van der Waals surface area contributed by atoms with Gasteiger partial charge in [-0.3, -0.25) is 9.30 Å². The summed E-state index contributed by atoms with van der Waals surface area (Å²) in [7, 11) is 0. The molecule has 5 nitrogen and oxygen atoms in total. The van der Waals surface area contributed by atoms with E-state index >= 15 is 0 Å². The average Bonchev–Trinajstić information content (AvgIpc) is 3.00. The van der Waals surface area contributed by atoms with Crippen LogP contribution in [0.5, 0.6) is 0 Å². The van der Waals surface area contributed by atoms with Gasteiger partial charge in [0.25, 0.3) is 0 Å². The lowest BCUT2D eigenvalue weighted by molar-refractivity contribution is -0.0624. The standard InChI is InChI=1S/C15H18N4OS2/c1-10-8-20-11(2)7-17(10)9-18-15(21)19-12-5-3-4-6-13(12)22-14(19)16-18/h3-6,10-11H,7-9H2,1-2H3. The Labute approximate surface area is 137 Å². The smallest absolute Gasteiger partial charge is 0.216 e. The number of hydrogen-bond donors (Lipinski definition) is 0. The Balaban J connectivity index is 1.73. The zero-order valence-corrected chi connectivity index (χ0v) is 14.2. The van der Waals surface area contributed by atoms with Gasteiger partial charge in [0.05, 0.1) is 29.6 Å². The third kappa shape index (κ3) is 2.28. The van der Waals surface area contributed by atoms with Crippen LogP contribution in [-0.2, 0) is 11.4 Å². The van der Waals surface area contributed by atoms with Crippen LogP contribution >= 0.6 is 23.6 Å². The molecule has 2 aromatic heterocycles. The third-order valence-electron chi connectivity index (χ3n) is 4.17. The van der Waals surface area contributed by atoms with Gasteiger partial charge < -0.3 is 4.74 Å². The first-order valence-corrected chi connectivity index (χ1v) is 8.68. The fourth-order valence-electron chi connectivity index (χ4n) is 2.92. The van der Waals surface area contributed by atoms with E-state index in [2.05, 4.69) is 35.3 Å². The van der Waals surface area contributed by atoms with E-state index in [4.69, 9.17) is 22.1 Å². The topological polar surface area (TPSA) is 34.7 Å². The highest BCUT2D eigenvalue weighted by Crippen LogP contribution is 2.26. The van der Waals surface area contributed by atoms with Crippen molar-refractivity contribution in [3.05, 3.63) is 29.0 Å². The molecule has 1 aliphatic heterocycles. The second kappa shape index (κ2) is 5.42. The molecule has 1 saturated heterocycles. The number of para-hydroxylation sites is 1. The molecule has 0 saturated carbocycles. The lowest BCUT2D eigenvalue weighted by Gasteiger charge is -2.36. The number of aromatic nitrogens is 3.